The first-order valence-electron chi connectivity index (χ1n) is 7.29. The van der Waals surface area contributed by atoms with Crippen molar-refractivity contribution in [3.8, 4) is 0 Å². The van der Waals surface area contributed by atoms with Gasteiger partial charge in [-0.15, -0.1) is 0 Å². The Morgan fingerprint density at radius 1 is 1.22 bits per heavy atom. The monoisotopic (exact) mass is 250 g/mol. The first-order chi connectivity index (χ1) is 8.79. The molecule has 0 unspecified atom stereocenters. The molecule has 1 aliphatic rings. The van der Waals surface area contributed by atoms with Crippen molar-refractivity contribution >= 4 is 5.95 Å². The molecule has 0 radical (unpaired) electrons. The van der Waals surface area contributed by atoms with Gasteiger partial charge in [-0.05, 0) is 39.3 Å². The van der Waals surface area contributed by atoms with Crippen molar-refractivity contribution in [3.63, 3.8) is 0 Å². The molecule has 4 heteroatoms. The lowest BCUT2D eigenvalue weighted by molar-refractivity contribution is 0.237. The first kappa shape index (κ1) is 13.4. The SMILES string of the molecule is CCCn1cc(C)nc1NCCN1CCCCC1. The van der Waals surface area contributed by atoms with Crippen LogP contribution in [0.2, 0.25) is 0 Å². The smallest absolute Gasteiger partial charge is 0.203 e. The van der Waals surface area contributed by atoms with E-state index in [9.17, 15) is 0 Å². The summed E-state index contributed by atoms with van der Waals surface area (Å²) in [4.78, 5) is 7.10. The van der Waals surface area contributed by atoms with Crippen molar-refractivity contribution in [3.05, 3.63) is 11.9 Å². The lowest BCUT2D eigenvalue weighted by Crippen LogP contribution is -2.34. The van der Waals surface area contributed by atoms with Crippen LogP contribution in [-0.2, 0) is 6.54 Å². The maximum Gasteiger partial charge on any atom is 0.203 e. The van der Waals surface area contributed by atoms with E-state index in [0.717, 1.165) is 37.7 Å². The Morgan fingerprint density at radius 3 is 2.72 bits per heavy atom. The van der Waals surface area contributed by atoms with Crippen molar-refractivity contribution in [2.45, 2.75) is 46.1 Å². The molecular formula is C14H26N4. The molecule has 4 nitrogen and oxygen atoms in total. The van der Waals surface area contributed by atoms with Gasteiger partial charge in [0.25, 0.3) is 0 Å². The Bertz CT molecular complexity index is 353. The third-order valence-corrected chi connectivity index (χ3v) is 3.52. The van der Waals surface area contributed by atoms with Crippen LogP contribution in [0.15, 0.2) is 6.20 Å². The summed E-state index contributed by atoms with van der Waals surface area (Å²) in [6, 6.07) is 0. The number of aryl methyl sites for hydroxylation is 2. The summed E-state index contributed by atoms with van der Waals surface area (Å²) in [7, 11) is 0. The topological polar surface area (TPSA) is 33.1 Å². The highest BCUT2D eigenvalue weighted by Gasteiger charge is 2.10. The molecule has 2 heterocycles. The number of aromatic nitrogens is 2. The molecule has 0 bridgehead atoms. The summed E-state index contributed by atoms with van der Waals surface area (Å²) in [5, 5.41) is 3.48. The summed E-state index contributed by atoms with van der Waals surface area (Å²) < 4.78 is 2.23. The molecule has 1 N–H and O–H groups in total. The normalized spacial score (nSPS) is 17.0. The average Bonchev–Trinajstić information content (AvgIpc) is 2.72. The second kappa shape index (κ2) is 6.78. The molecule has 1 aromatic heterocycles. The number of rotatable bonds is 6. The molecular weight excluding hydrogens is 224 g/mol. The van der Waals surface area contributed by atoms with Crippen LogP contribution in [0.1, 0.15) is 38.3 Å². The van der Waals surface area contributed by atoms with Gasteiger partial charge in [0.1, 0.15) is 0 Å². The molecule has 1 aromatic rings. The molecule has 0 saturated carbocycles. The molecule has 1 saturated heterocycles. The lowest BCUT2D eigenvalue weighted by Gasteiger charge is -2.26. The van der Waals surface area contributed by atoms with Crippen LogP contribution in [-0.4, -0.2) is 40.6 Å². The average molecular weight is 250 g/mol. The largest absolute Gasteiger partial charge is 0.354 e. The number of piperidine rings is 1. The summed E-state index contributed by atoms with van der Waals surface area (Å²) in [6.07, 6.45) is 7.42. The minimum absolute atomic E-state index is 1.00. The predicted octanol–water partition coefficient (Wildman–Crippen LogP) is 2.50. The van der Waals surface area contributed by atoms with E-state index < -0.39 is 0 Å². The van der Waals surface area contributed by atoms with Gasteiger partial charge in [0.05, 0.1) is 5.69 Å². The second-order valence-corrected chi connectivity index (χ2v) is 5.23. The molecule has 1 fully saturated rings. The van der Waals surface area contributed by atoms with E-state index >= 15 is 0 Å². The fourth-order valence-electron chi connectivity index (χ4n) is 2.61. The Morgan fingerprint density at radius 2 is 2.00 bits per heavy atom. The number of hydrogen-bond acceptors (Lipinski definition) is 3. The number of nitrogens with zero attached hydrogens (tertiary/aromatic N) is 3. The molecule has 0 aliphatic carbocycles. The van der Waals surface area contributed by atoms with E-state index in [-0.39, 0.29) is 0 Å². The lowest BCUT2D eigenvalue weighted by atomic mass is 10.1. The highest BCUT2D eigenvalue weighted by Crippen LogP contribution is 2.10. The first-order valence-corrected chi connectivity index (χ1v) is 7.29. The quantitative estimate of drug-likeness (QED) is 0.842. The predicted molar refractivity (Wildman–Crippen MR) is 76.0 cm³/mol. The second-order valence-electron chi connectivity index (χ2n) is 5.23. The molecule has 0 amide bonds. The molecule has 0 atom stereocenters. The summed E-state index contributed by atoms with van der Waals surface area (Å²) in [5.41, 5.74) is 1.10. The fourth-order valence-corrected chi connectivity index (χ4v) is 2.61. The van der Waals surface area contributed by atoms with Crippen LogP contribution < -0.4 is 5.32 Å². The zero-order chi connectivity index (χ0) is 12.8. The molecule has 0 spiro atoms. The summed E-state index contributed by atoms with van der Waals surface area (Å²) >= 11 is 0. The number of nitrogens with one attached hydrogen (secondary N) is 1. The van der Waals surface area contributed by atoms with E-state index in [0.29, 0.717) is 0 Å². The van der Waals surface area contributed by atoms with Crippen LogP contribution in [0.25, 0.3) is 0 Å². The van der Waals surface area contributed by atoms with E-state index in [2.05, 4.69) is 39.8 Å². The van der Waals surface area contributed by atoms with Crippen molar-refractivity contribution in [1.82, 2.24) is 14.5 Å². The summed E-state index contributed by atoms with van der Waals surface area (Å²) in [5.74, 6) is 1.03. The van der Waals surface area contributed by atoms with Crippen LogP contribution >= 0.6 is 0 Å². The Hall–Kier alpha value is -1.03. The van der Waals surface area contributed by atoms with Gasteiger partial charge in [-0.2, -0.15) is 0 Å². The minimum Gasteiger partial charge on any atom is -0.354 e. The van der Waals surface area contributed by atoms with Crippen molar-refractivity contribution in [2.75, 3.05) is 31.5 Å². The van der Waals surface area contributed by atoms with Crippen molar-refractivity contribution in [1.29, 1.82) is 0 Å². The minimum atomic E-state index is 1.00. The van der Waals surface area contributed by atoms with Crippen LogP contribution in [0.4, 0.5) is 5.95 Å². The van der Waals surface area contributed by atoms with Crippen LogP contribution in [0.5, 0.6) is 0 Å². The van der Waals surface area contributed by atoms with Crippen LogP contribution in [0.3, 0.4) is 0 Å². The molecule has 18 heavy (non-hydrogen) atoms. The highest BCUT2D eigenvalue weighted by molar-refractivity contribution is 5.28. The van der Waals surface area contributed by atoms with Gasteiger partial charge in [-0.3, -0.25) is 0 Å². The van der Waals surface area contributed by atoms with E-state index in [1.165, 1.54) is 32.4 Å². The number of anilines is 1. The highest BCUT2D eigenvalue weighted by atomic mass is 15.2. The van der Waals surface area contributed by atoms with Gasteiger partial charge in [-0.25, -0.2) is 4.98 Å². The Balaban J connectivity index is 1.78. The van der Waals surface area contributed by atoms with Crippen molar-refractivity contribution < 1.29 is 0 Å². The maximum atomic E-state index is 4.55. The van der Waals surface area contributed by atoms with Crippen molar-refractivity contribution in [2.24, 2.45) is 0 Å². The number of likely N-dealkylation sites (tertiary alicyclic amines) is 1. The Labute approximate surface area is 110 Å². The molecule has 0 aromatic carbocycles. The fraction of sp³-hybridized carbons (Fsp3) is 0.786. The van der Waals surface area contributed by atoms with Gasteiger partial charge in [0, 0.05) is 25.8 Å². The maximum absolute atomic E-state index is 4.55. The summed E-state index contributed by atoms with van der Waals surface area (Å²) in [6.45, 7) is 9.98. The molecule has 2 rings (SSSR count). The number of imidazole rings is 1. The third-order valence-electron chi connectivity index (χ3n) is 3.52. The zero-order valence-corrected chi connectivity index (χ0v) is 11.8. The van der Waals surface area contributed by atoms with Gasteiger partial charge < -0.3 is 14.8 Å². The van der Waals surface area contributed by atoms with Gasteiger partial charge in [0.2, 0.25) is 5.95 Å². The Kier molecular flexibility index (Phi) is 5.05. The van der Waals surface area contributed by atoms with Gasteiger partial charge in [-0.1, -0.05) is 13.3 Å². The van der Waals surface area contributed by atoms with Gasteiger partial charge in [0.15, 0.2) is 0 Å². The van der Waals surface area contributed by atoms with E-state index in [1.807, 2.05) is 0 Å². The van der Waals surface area contributed by atoms with E-state index in [4.69, 9.17) is 0 Å². The molecule has 1 aliphatic heterocycles. The zero-order valence-electron chi connectivity index (χ0n) is 11.8. The van der Waals surface area contributed by atoms with Gasteiger partial charge >= 0.3 is 0 Å². The molecule has 102 valence electrons. The third kappa shape index (κ3) is 3.73. The van der Waals surface area contributed by atoms with Crippen LogP contribution in [0, 0.1) is 6.92 Å². The van der Waals surface area contributed by atoms with E-state index in [1.54, 1.807) is 0 Å². The number of hydrogen-bond donors (Lipinski definition) is 1. The standard InChI is InChI=1S/C14H26N4/c1-3-8-18-12-13(2)16-14(18)15-7-11-17-9-5-4-6-10-17/h12H,3-11H2,1-2H3,(H,15,16).